The highest BCUT2D eigenvalue weighted by molar-refractivity contribution is 8.00. The maximum atomic E-state index is 5.83. The third kappa shape index (κ3) is 4.10. The molecule has 20 heavy (non-hydrogen) atoms. The van der Waals surface area contributed by atoms with Gasteiger partial charge in [-0.3, -0.25) is 0 Å². The number of hydrogen-bond acceptors (Lipinski definition) is 6. The lowest BCUT2D eigenvalue weighted by Crippen LogP contribution is -2.22. The Bertz CT molecular complexity index is 599. The van der Waals surface area contributed by atoms with Crippen LogP contribution in [-0.2, 0) is 6.54 Å². The van der Waals surface area contributed by atoms with E-state index in [1.54, 1.807) is 18.9 Å². The topological polar surface area (TPSA) is 85.4 Å². The van der Waals surface area contributed by atoms with Crippen LogP contribution >= 0.6 is 23.1 Å². The van der Waals surface area contributed by atoms with Crippen LogP contribution in [0.5, 0.6) is 5.75 Å². The van der Waals surface area contributed by atoms with E-state index >= 15 is 0 Å². The van der Waals surface area contributed by atoms with Gasteiger partial charge in [-0.05, 0) is 18.4 Å². The first-order valence-electron chi connectivity index (χ1n) is 5.78. The van der Waals surface area contributed by atoms with Crippen molar-refractivity contribution in [2.45, 2.75) is 10.9 Å². The van der Waals surface area contributed by atoms with Crippen LogP contribution in [0, 0.1) is 0 Å². The summed E-state index contributed by atoms with van der Waals surface area (Å²) in [6.45, 7) is 0.418. The number of guanidine groups is 1. The van der Waals surface area contributed by atoms with Gasteiger partial charge in [0.05, 0.1) is 13.7 Å². The molecule has 0 saturated heterocycles. The number of nitrogens with one attached hydrogen (secondary N) is 1. The van der Waals surface area contributed by atoms with Crippen LogP contribution in [-0.4, -0.2) is 29.5 Å². The molecule has 0 unspecified atom stereocenters. The Balaban J connectivity index is 1.96. The van der Waals surface area contributed by atoms with Gasteiger partial charge in [-0.1, -0.05) is 29.2 Å². The number of thioether (sulfide) groups is 1. The van der Waals surface area contributed by atoms with Crippen molar-refractivity contribution in [2.24, 2.45) is 10.7 Å². The minimum Gasteiger partial charge on any atom is -0.497 e. The fraction of sp³-hybridized carbons (Fsp3) is 0.250. The second-order valence-electron chi connectivity index (χ2n) is 3.72. The van der Waals surface area contributed by atoms with Crippen molar-refractivity contribution in [3.8, 4) is 5.75 Å². The predicted molar refractivity (Wildman–Crippen MR) is 83.6 cm³/mol. The first-order chi connectivity index (χ1) is 9.71. The molecule has 0 bridgehead atoms. The second-order valence-corrected chi connectivity index (χ2v) is 5.84. The number of aliphatic imine (C=N–C) groups is 1. The highest BCUT2D eigenvalue weighted by Gasteiger charge is 2.02. The zero-order valence-electron chi connectivity index (χ0n) is 11.2. The van der Waals surface area contributed by atoms with Crippen molar-refractivity contribution in [1.82, 2.24) is 10.2 Å². The molecule has 8 heteroatoms. The first kappa shape index (κ1) is 14.6. The highest BCUT2D eigenvalue weighted by atomic mass is 32.2. The van der Waals surface area contributed by atoms with Gasteiger partial charge < -0.3 is 15.8 Å². The summed E-state index contributed by atoms with van der Waals surface area (Å²) in [7, 11) is 1.62. The molecular weight excluding hydrogens is 294 g/mol. The average Bonchev–Trinajstić information content (AvgIpc) is 2.93. The number of nitrogens with two attached hydrogens (primary N) is 1. The third-order valence-electron chi connectivity index (χ3n) is 2.35. The number of benzene rings is 1. The number of methoxy groups -OCH3 is 1. The van der Waals surface area contributed by atoms with Crippen molar-refractivity contribution in [3.05, 3.63) is 29.3 Å². The van der Waals surface area contributed by atoms with Gasteiger partial charge in [-0.25, -0.2) is 4.99 Å². The van der Waals surface area contributed by atoms with Crippen LogP contribution in [0.15, 0.2) is 33.6 Å². The quantitative estimate of drug-likeness (QED) is 0.500. The molecular formula is C12H15N5OS2. The molecule has 0 spiro atoms. The molecule has 0 amide bonds. The Kier molecular flexibility index (Phi) is 5.19. The van der Waals surface area contributed by atoms with Crippen LogP contribution in [0.4, 0.5) is 5.69 Å². The molecule has 1 aromatic heterocycles. The molecule has 106 valence electrons. The summed E-state index contributed by atoms with van der Waals surface area (Å²) < 4.78 is 6.07. The van der Waals surface area contributed by atoms with E-state index in [4.69, 9.17) is 10.5 Å². The number of rotatable bonds is 5. The Morgan fingerprint density at radius 1 is 1.50 bits per heavy atom. The minimum absolute atomic E-state index is 0.333. The monoisotopic (exact) mass is 309 g/mol. The molecule has 0 saturated carbocycles. The molecule has 0 aliphatic rings. The van der Waals surface area contributed by atoms with Crippen LogP contribution in [0.2, 0.25) is 0 Å². The number of anilines is 1. The van der Waals surface area contributed by atoms with E-state index in [1.165, 1.54) is 11.3 Å². The summed E-state index contributed by atoms with van der Waals surface area (Å²) in [6.07, 6.45) is 1.96. The Hall–Kier alpha value is -1.80. The molecule has 0 radical (unpaired) electrons. The molecule has 0 atom stereocenters. The van der Waals surface area contributed by atoms with E-state index in [0.717, 1.165) is 20.8 Å². The van der Waals surface area contributed by atoms with Gasteiger partial charge in [-0.15, -0.1) is 10.2 Å². The zero-order chi connectivity index (χ0) is 14.4. The molecule has 1 heterocycles. The van der Waals surface area contributed by atoms with Gasteiger partial charge in [-0.2, -0.15) is 0 Å². The smallest absolute Gasteiger partial charge is 0.193 e. The second kappa shape index (κ2) is 7.11. The Morgan fingerprint density at radius 3 is 3.05 bits per heavy atom. The lowest BCUT2D eigenvalue weighted by Gasteiger charge is -2.06. The van der Waals surface area contributed by atoms with Gasteiger partial charge in [0, 0.05) is 11.8 Å². The Labute approximate surface area is 125 Å². The number of hydrogen-bond donors (Lipinski definition) is 2. The summed E-state index contributed by atoms with van der Waals surface area (Å²) in [5.74, 6) is 1.09. The van der Waals surface area contributed by atoms with E-state index in [1.807, 2.05) is 30.5 Å². The van der Waals surface area contributed by atoms with Gasteiger partial charge in [0.25, 0.3) is 0 Å². The summed E-state index contributed by atoms with van der Waals surface area (Å²) >= 11 is 3.08. The van der Waals surface area contributed by atoms with E-state index < -0.39 is 0 Å². The van der Waals surface area contributed by atoms with E-state index in [-0.39, 0.29) is 0 Å². The standard InChI is InChI=1S/C12H15N5OS2/c1-18-9-5-3-4-8(6-9)15-11(13)14-7-10-16-17-12(19-2)20-10/h3-6H,7H2,1-2H3,(H3,13,14,15). The average molecular weight is 309 g/mol. The summed E-state index contributed by atoms with van der Waals surface area (Å²) in [6, 6.07) is 7.48. The van der Waals surface area contributed by atoms with Crippen molar-refractivity contribution in [2.75, 3.05) is 18.7 Å². The maximum absolute atomic E-state index is 5.83. The molecule has 1 aromatic carbocycles. The van der Waals surface area contributed by atoms with Gasteiger partial charge in [0.15, 0.2) is 10.3 Å². The molecule has 0 fully saturated rings. The van der Waals surface area contributed by atoms with Crippen molar-refractivity contribution in [3.63, 3.8) is 0 Å². The van der Waals surface area contributed by atoms with Crippen LogP contribution in [0.25, 0.3) is 0 Å². The number of ether oxygens (including phenoxy) is 1. The van der Waals surface area contributed by atoms with Crippen LogP contribution in [0.3, 0.4) is 0 Å². The summed E-state index contributed by atoms with van der Waals surface area (Å²) in [5.41, 5.74) is 6.66. The predicted octanol–water partition coefficient (Wildman–Crippen LogP) is 2.20. The van der Waals surface area contributed by atoms with Gasteiger partial charge in [0.2, 0.25) is 0 Å². The molecule has 2 rings (SSSR count). The van der Waals surface area contributed by atoms with Gasteiger partial charge >= 0.3 is 0 Å². The van der Waals surface area contributed by atoms with E-state index in [0.29, 0.717) is 12.5 Å². The molecule has 0 aliphatic heterocycles. The minimum atomic E-state index is 0.333. The maximum Gasteiger partial charge on any atom is 0.193 e. The molecule has 6 nitrogen and oxygen atoms in total. The van der Waals surface area contributed by atoms with E-state index in [9.17, 15) is 0 Å². The molecule has 3 N–H and O–H groups in total. The lowest BCUT2D eigenvalue weighted by atomic mass is 10.3. The van der Waals surface area contributed by atoms with Crippen molar-refractivity contribution in [1.29, 1.82) is 0 Å². The summed E-state index contributed by atoms with van der Waals surface area (Å²) in [4.78, 5) is 4.23. The Morgan fingerprint density at radius 2 is 2.35 bits per heavy atom. The van der Waals surface area contributed by atoms with E-state index in [2.05, 4.69) is 20.5 Å². The first-order valence-corrected chi connectivity index (χ1v) is 7.82. The van der Waals surface area contributed by atoms with Crippen molar-refractivity contribution < 1.29 is 4.74 Å². The fourth-order valence-electron chi connectivity index (χ4n) is 1.43. The SMILES string of the molecule is COc1cccc(NC(N)=NCc2nnc(SC)s2)c1. The largest absolute Gasteiger partial charge is 0.497 e. The van der Waals surface area contributed by atoms with Crippen LogP contribution < -0.4 is 15.8 Å². The zero-order valence-corrected chi connectivity index (χ0v) is 12.8. The molecule has 2 aromatic rings. The normalized spacial score (nSPS) is 11.4. The van der Waals surface area contributed by atoms with Crippen molar-refractivity contribution >= 4 is 34.7 Å². The van der Waals surface area contributed by atoms with Crippen LogP contribution in [0.1, 0.15) is 5.01 Å². The number of nitrogens with zero attached hydrogens (tertiary/aromatic N) is 3. The van der Waals surface area contributed by atoms with Gasteiger partial charge in [0.1, 0.15) is 10.8 Å². The fourth-order valence-corrected chi connectivity index (χ4v) is 2.66. The summed E-state index contributed by atoms with van der Waals surface area (Å²) in [5, 5.41) is 11.9. The third-order valence-corrected chi connectivity index (χ3v) is 4.23. The highest BCUT2D eigenvalue weighted by Crippen LogP contribution is 2.20. The lowest BCUT2D eigenvalue weighted by molar-refractivity contribution is 0.415. The molecule has 0 aliphatic carbocycles. The number of aromatic nitrogens is 2.